The molecule has 0 nitrogen and oxygen atoms in total. The summed E-state index contributed by atoms with van der Waals surface area (Å²) in [6.07, 6.45) is 6.90. The molecular weight excluding hydrogens is 504 g/mol. The lowest BCUT2D eigenvalue weighted by Crippen LogP contribution is -2.05. The van der Waals surface area contributed by atoms with Crippen LogP contribution in [0.1, 0.15) is 48.9 Å². The van der Waals surface area contributed by atoms with Crippen LogP contribution in [-0.2, 0) is 0 Å². The zero-order valence-electron chi connectivity index (χ0n) is 24.1. The molecule has 0 saturated carbocycles. The molecule has 0 aromatic heterocycles. The van der Waals surface area contributed by atoms with Crippen LogP contribution in [-0.4, -0.2) is 0 Å². The van der Waals surface area contributed by atoms with Crippen LogP contribution in [0.15, 0.2) is 132 Å². The number of hydrogen-bond donors (Lipinski definition) is 0. The Balaban J connectivity index is 1.12. The van der Waals surface area contributed by atoms with E-state index in [0.717, 1.165) is 12.8 Å². The number of fused-ring (bicyclic) bond motifs is 4. The van der Waals surface area contributed by atoms with Crippen molar-refractivity contribution in [3.63, 3.8) is 0 Å². The molecule has 0 heterocycles. The summed E-state index contributed by atoms with van der Waals surface area (Å²) in [7, 11) is 0. The molecule has 0 N–H and O–H groups in total. The molecule has 0 fully saturated rings. The zero-order valence-corrected chi connectivity index (χ0v) is 24.1. The molecule has 0 atom stereocenters. The van der Waals surface area contributed by atoms with Crippen molar-refractivity contribution in [2.75, 3.05) is 0 Å². The summed E-state index contributed by atoms with van der Waals surface area (Å²) in [5.41, 5.74) is 13.6. The topological polar surface area (TPSA) is 0 Å². The number of rotatable bonds is 5. The predicted octanol–water partition coefficient (Wildman–Crippen LogP) is 11.5. The quantitative estimate of drug-likeness (QED) is 0.205. The molecule has 6 aromatic rings. The van der Waals surface area contributed by atoms with Gasteiger partial charge in [0, 0.05) is 11.8 Å². The summed E-state index contributed by atoms with van der Waals surface area (Å²) in [6.45, 7) is 4.58. The molecule has 6 aromatic carbocycles. The molecule has 200 valence electrons. The van der Waals surface area contributed by atoms with Crippen molar-refractivity contribution in [1.29, 1.82) is 0 Å². The third kappa shape index (κ3) is 3.97. The summed E-state index contributed by atoms with van der Waals surface area (Å²) in [5, 5.41) is 5.21. The van der Waals surface area contributed by atoms with Crippen LogP contribution in [0.4, 0.5) is 0 Å². The van der Waals surface area contributed by atoms with Crippen molar-refractivity contribution < 1.29 is 0 Å². The van der Waals surface area contributed by atoms with Crippen LogP contribution in [0.25, 0.3) is 56.0 Å². The highest BCUT2D eigenvalue weighted by molar-refractivity contribution is 6.01. The van der Waals surface area contributed by atoms with Gasteiger partial charge < -0.3 is 0 Å². The summed E-state index contributed by atoms with van der Waals surface area (Å²) in [5.74, 6) is 2.96. The molecule has 0 heteroatoms. The number of benzene rings is 6. The smallest absolute Gasteiger partial charge is 0.0303 e. The molecule has 2 aliphatic rings. The highest BCUT2D eigenvalue weighted by Gasteiger charge is 2.30. The first-order chi connectivity index (χ1) is 20.7. The maximum Gasteiger partial charge on any atom is 0.0303 e. The SMILES string of the molecule is CC1=Cc2c(cccc2-c2cccc3ccccc23)[C]1CC[C]1C(C)=Cc2c1cccc2-c1cccc2ccccc12. The van der Waals surface area contributed by atoms with Gasteiger partial charge in [0.15, 0.2) is 0 Å². The Morgan fingerprint density at radius 1 is 0.357 bits per heavy atom. The third-order valence-corrected chi connectivity index (χ3v) is 9.32. The second kappa shape index (κ2) is 10.00. The fourth-order valence-electron chi connectivity index (χ4n) is 7.30. The van der Waals surface area contributed by atoms with Crippen LogP contribution < -0.4 is 0 Å². The predicted molar refractivity (Wildman–Crippen MR) is 180 cm³/mol. The van der Waals surface area contributed by atoms with E-state index in [1.165, 1.54) is 89.0 Å². The van der Waals surface area contributed by atoms with Gasteiger partial charge in [-0.15, -0.1) is 0 Å². The minimum atomic E-state index is 1.03. The molecule has 8 rings (SSSR count). The molecule has 0 amide bonds. The second-order valence-electron chi connectivity index (χ2n) is 11.7. The van der Waals surface area contributed by atoms with Gasteiger partial charge in [0.2, 0.25) is 0 Å². The fraction of sp³-hybridized carbons (Fsp3) is 0.0952. The molecule has 2 radical (unpaired) electrons. The molecule has 0 spiro atoms. The lowest BCUT2D eigenvalue weighted by Gasteiger charge is -2.20. The van der Waals surface area contributed by atoms with Crippen molar-refractivity contribution in [2.45, 2.75) is 26.7 Å². The van der Waals surface area contributed by atoms with E-state index >= 15 is 0 Å². The lowest BCUT2D eigenvalue weighted by atomic mass is 9.83. The molecule has 0 saturated heterocycles. The Morgan fingerprint density at radius 2 is 0.714 bits per heavy atom. The van der Waals surface area contributed by atoms with E-state index in [0.29, 0.717) is 0 Å². The van der Waals surface area contributed by atoms with Gasteiger partial charge in [-0.1, -0.05) is 145 Å². The minimum Gasteiger partial charge on any atom is -0.0616 e. The summed E-state index contributed by atoms with van der Waals surface area (Å²) in [4.78, 5) is 0. The molecule has 42 heavy (non-hydrogen) atoms. The van der Waals surface area contributed by atoms with Crippen molar-refractivity contribution in [2.24, 2.45) is 0 Å². The molecular formula is C42H32. The van der Waals surface area contributed by atoms with Gasteiger partial charge in [0.05, 0.1) is 0 Å². The van der Waals surface area contributed by atoms with E-state index in [2.05, 4.69) is 147 Å². The average molecular weight is 537 g/mol. The van der Waals surface area contributed by atoms with E-state index in [-0.39, 0.29) is 0 Å². The lowest BCUT2D eigenvalue weighted by molar-refractivity contribution is 0.820. The van der Waals surface area contributed by atoms with Crippen LogP contribution in [0, 0.1) is 11.8 Å². The van der Waals surface area contributed by atoms with E-state index in [9.17, 15) is 0 Å². The first kappa shape index (κ1) is 25.1. The van der Waals surface area contributed by atoms with Crippen molar-refractivity contribution in [3.8, 4) is 22.3 Å². The maximum absolute atomic E-state index is 2.41. The maximum atomic E-state index is 2.41. The molecule has 2 aliphatic carbocycles. The van der Waals surface area contributed by atoms with Gasteiger partial charge in [-0.05, 0) is 92.7 Å². The first-order valence-electron chi connectivity index (χ1n) is 15.0. The molecule has 0 bridgehead atoms. The van der Waals surface area contributed by atoms with E-state index in [4.69, 9.17) is 0 Å². The fourth-order valence-corrected chi connectivity index (χ4v) is 7.30. The minimum absolute atomic E-state index is 1.03. The number of allylic oxidation sites excluding steroid dienone is 2. The van der Waals surface area contributed by atoms with Gasteiger partial charge >= 0.3 is 0 Å². The van der Waals surface area contributed by atoms with Gasteiger partial charge in [-0.2, -0.15) is 0 Å². The van der Waals surface area contributed by atoms with Gasteiger partial charge in [-0.25, -0.2) is 0 Å². The van der Waals surface area contributed by atoms with E-state index < -0.39 is 0 Å². The van der Waals surface area contributed by atoms with Gasteiger partial charge in [0.25, 0.3) is 0 Å². The number of hydrogen-bond acceptors (Lipinski definition) is 0. The standard InChI is InChI=1S/C42H32/c1-27-25-41-35(19-9-21-39(41)37-17-7-13-29-11-3-5-15-33(29)37)31(27)23-24-32-28(2)26-42-36(32)20-10-22-40(42)38-18-8-14-30-12-4-6-16-34(30)38/h3-22,25-26H,23-24H2,1-2H3. The van der Waals surface area contributed by atoms with Crippen molar-refractivity contribution in [1.82, 2.24) is 0 Å². The Bertz CT molecular complexity index is 1910. The summed E-state index contributed by atoms with van der Waals surface area (Å²) < 4.78 is 0. The highest BCUT2D eigenvalue weighted by atomic mass is 14.3. The Kier molecular flexibility index (Phi) is 5.97. The Labute approximate surface area is 248 Å². The van der Waals surface area contributed by atoms with Gasteiger partial charge in [0.1, 0.15) is 0 Å². The molecule has 0 aliphatic heterocycles. The molecule has 0 unspecified atom stereocenters. The van der Waals surface area contributed by atoms with Crippen LogP contribution >= 0.6 is 0 Å². The zero-order chi connectivity index (χ0) is 28.2. The largest absolute Gasteiger partial charge is 0.0616 e. The van der Waals surface area contributed by atoms with Crippen LogP contribution in [0.3, 0.4) is 0 Å². The van der Waals surface area contributed by atoms with E-state index in [1.807, 2.05) is 0 Å². The monoisotopic (exact) mass is 536 g/mol. The highest BCUT2D eigenvalue weighted by Crippen LogP contribution is 2.48. The van der Waals surface area contributed by atoms with Crippen molar-refractivity contribution >= 4 is 33.7 Å². The Morgan fingerprint density at radius 3 is 1.19 bits per heavy atom. The average Bonchev–Trinajstić information content (AvgIpc) is 3.53. The van der Waals surface area contributed by atoms with E-state index in [1.54, 1.807) is 0 Å². The Hall–Kier alpha value is -4.68. The first-order valence-corrected chi connectivity index (χ1v) is 15.0. The van der Waals surface area contributed by atoms with Crippen LogP contribution in [0.2, 0.25) is 0 Å². The third-order valence-electron chi connectivity index (χ3n) is 9.32. The normalized spacial score (nSPS) is 14.7. The van der Waals surface area contributed by atoms with Crippen molar-refractivity contribution in [3.05, 3.63) is 167 Å². The summed E-state index contributed by atoms with van der Waals surface area (Å²) in [6, 6.07) is 44.5. The van der Waals surface area contributed by atoms with Crippen LogP contribution in [0.5, 0.6) is 0 Å². The second-order valence-corrected chi connectivity index (χ2v) is 11.7. The van der Waals surface area contributed by atoms with Gasteiger partial charge in [-0.3, -0.25) is 0 Å². The summed E-state index contributed by atoms with van der Waals surface area (Å²) >= 11 is 0.